The van der Waals surface area contributed by atoms with E-state index < -0.39 is 0 Å². The predicted octanol–water partition coefficient (Wildman–Crippen LogP) is 1.69. The van der Waals surface area contributed by atoms with E-state index >= 15 is 0 Å². The molecule has 0 aliphatic rings. The Morgan fingerprint density at radius 3 is 2.93 bits per heavy atom. The van der Waals surface area contributed by atoms with Crippen molar-refractivity contribution < 1.29 is 0 Å². The van der Waals surface area contributed by atoms with Gasteiger partial charge in [0.15, 0.2) is 0 Å². The molecule has 1 unspecified atom stereocenters. The second-order valence-electron chi connectivity index (χ2n) is 3.78. The van der Waals surface area contributed by atoms with Gasteiger partial charge in [0.25, 0.3) is 0 Å². The molecular formula is C11H21N3S. The molecule has 1 heterocycles. The molecule has 0 aliphatic heterocycles. The molecule has 3 nitrogen and oxygen atoms in total. The van der Waals surface area contributed by atoms with E-state index in [0.717, 1.165) is 24.8 Å². The molecule has 1 N–H and O–H groups in total. The fourth-order valence-corrected chi connectivity index (χ4v) is 1.76. The third-order valence-electron chi connectivity index (χ3n) is 2.61. The van der Waals surface area contributed by atoms with E-state index in [1.807, 2.05) is 29.7 Å². The summed E-state index contributed by atoms with van der Waals surface area (Å²) in [6, 6.07) is 2.08. The highest BCUT2D eigenvalue weighted by Gasteiger charge is 1.99. The van der Waals surface area contributed by atoms with E-state index in [0.29, 0.717) is 0 Å². The molecule has 0 saturated heterocycles. The van der Waals surface area contributed by atoms with E-state index in [-0.39, 0.29) is 0 Å². The van der Waals surface area contributed by atoms with Gasteiger partial charge in [-0.2, -0.15) is 16.9 Å². The summed E-state index contributed by atoms with van der Waals surface area (Å²) in [5, 5.41) is 8.36. The van der Waals surface area contributed by atoms with Crippen LogP contribution in [-0.4, -0.2) is 34.4 Å². The Hall–Kier alpha value is -0.480. The second-order valence-corrected chi connectivity index (χ2v) is 5.06. The van der Waals surface area contributed by atoms with Crippen LogP contribution in [-0.2, 0) is 13.5 Å². The van der Waals surface area contributed by atoms with Gasteiger partial charge >= 0.3 is 0 Å². The topological polar surface area (TPSA) is 29.9 Å². The molecule has 1 rings (SSSR count). The van der Waals surface area contributed by atoms with Gasteiger partial charge < -0.3 is 5.32 Å². The van der Waals surface area contributed by atoms with Crippen molar-refractivity contribution in [1.29, 1.82) is 0 Å². The minimum absolute atomic E-state index is 0.759. The SMILES string of the molecule is CSC(C)CCNCCc1ccnn1C. The molecule has 4 heteroatoms. The number of thioether (sulfide) groups is 1. The first-order valence-corrected chi connectivity index (χ1v) is 6.73. The molecule has 1 aromatic rings. The lowest BCUT2D eigenvalue weighted by Gasteiger charge is -2.08. The van der Waals surface area contributed by atoms with Crippen molar-refractivity contribution in [3.05, 3.63) is 18.0 Å². The molecule has 0 aromatic carbocycles. The number of rotatable bonds is 7. The maximum absolute atomic E-state index is 4.14. The minimum Gasteiger partial charge on any atom is -0.316 e. The first-order valence-electron chi connectivity index (χ1n) is 5.44. The normalized spacial score (nSPS) is 13.0. The Kier molecular flexibility index (Phi) is 5.79. The number of hydrogen-bond donors (Lipinski definition) is 1. The highest BCUT2D eigenvalue weighted by molar-refractivity contribution is 7.99. The molecule has 0 aliphatic carbocycles. The third-order valence-corrected chi connectivity index (χ3v) is 3.65. The molecule has 0 fully saturated rings. The van der Waals surface area contributed by atoms with Crippen LogP contribution in [0.25, 0.3) is 0 Å². The van der Waals surface area contributed by atoms with Crippen LogP contribution in [0.2, 0.25) is 0 Å². The van der Waals surface area contributed by atoms with Crippen LogP contribution in [0, 0.1) is 0 Å². The van der Waals surface area contributed by atoms with Crippen molar-refractivity contribution in [3.63, 3.8) is 0 Å². The lowest BCUT2D eigenvalue weighted by atomic mass is 10.3. The number of hydrogen-bond acceptors (Lipinski definition) is 3. The lowest BCUT2D eigenvalue weighted by Crippen LogP contribution is -2.21. The molecule has 15 heavy (non-hydrogen) atoms. The van der Waals surface area contributed by atoms with Crippen LogP contribution in [0.3, 0.4) is 0 Å². The third kappa shape index (κ3) is 4.71. The van der Waals surface area contributed by atoms with Crippen molar-refractivity contribution in [2.45, 2.75) is 25.0 Å². The fraction of sp³-hybridized carbons (Fsp3) is 0.727. The van der Waals surface area contributed by atoms with E-state index in [9.17, 15) is 0 Å². The Morgan fingerprint density at radius 1 is 1.53 bits per heavy atom. The van der Waals surface area contributed by atoms with Gasteiger partial charge in [-0.1, -0.05) is 6.92 Å². The van der Waals surface area contributed by atoms with Crippen LogP contribution in [0.5, 0.6) is 0 Å². The van der Waals surface area contributed by atoms with E-state index in [4.69, 9.17) is 0 Å². The predicted molar refractivity (Wildman–Crippen MR) is 67.4 cm³/mol. The van der Waals surface area contributed by atoms with Gasteiger partial charge in [-0.15, -0.1) is 0 Å². The summed E-state index contributed by atoms with van der Waals surface area (Å²) < 4.78 is 1.94. The second kappa shape index (κ2) is 6.90. The van der Waals surface area contributed by atoms with Gasteiger partial charge in [-0.3, -0.25) is 4.68 Å². The summed E-state index contributed by atoms with van der Waals surface area (Å²) in [5.41, 5.74) is 1.29. The standard InChI is InChI=1S/C11H21N3S/c1-10(15-3)4-7-12-8-5-11-6-9-13-14(11)2/h6,9-10,12H,4-5,7-8H2,1-3H3. The van der Waals surface area contributed by atoms with Gasteiger partial charge in [0.2, 0.25) is 0 Å². The molecule has 0 bridgehead atoms. The minimum atomic E-state index is 0.759. The fourth-order valence-electron chi connectivity index (χ4n) is 1.41. The van der Waals surface area contributed by atoms with Crippen molar-refractivity contribution >= 4 is 11.8 Å². The summed E-state index contributed by atoms with van der Waals surface area (Å²) in [7, 11) is 1.99. The van der Waals surface area contributed by atoms with Crippen molar-refractivity contribution in [2.75, 3.05) is 19.3 Å². The van der Waals surface area contributed by atoms with Gasteiger partial charge in [0.1, 0.15) is 0 Å². The van der Waals surface area contributed by atoms with Crippen LogP contribution in [0.15, 0.2) is 12.3 Å². The van der Waals surface area contributed by atoms with Crippen LogP contribution in [0.1, 0.15) is 19.0 Å². The highest BCUT2D eigenvalue weighted by Crippen LogP contribution is 2.07. The molecule has 1 aromatic heterocycles. The zero-order valence-corrected chi connectivity index (χ0v) is 10.7. The van der Waals surface area contributed by atoms with E-state index in [1.54, 1.807) is 0 Å². The van der Waals surface area contributed by atoms with Gasteiger partial charge in [-0.25, -0.2) is 0 Å². The molecular weight excluding hydrogens is 206 g/mol. The first-order chi connectivity index (χ1) is 7.24. The maximum Gasteiger partial charge on any atom is 0.0492 e. The average molecular weight is 227 g/mol. The Bertz CT molecular complexity index is 273. The molecule has 0 saturated carbocycles. The Balaban J connectivity index is 2.05. The average Bonchev–Trinajstić information content (AvgIpc) is 2.63. The quantitative estimate of drug-likeness (QED) is 0.719. The summed E-state index contributed by atoms with van der Waals surface area (Å²) in [6.45, 7) is 4.42. The molecule has 1 atom stereocenters. The Morgan fingerprint density at radius 2 is 2.33 bits per heavy atom. The van der Waals surface area contributed by atoms with Crippen LogP contribution < -0.4 is 5.32 Å². The smallest absolute Gasteiger partial charge is 0.0492 e. The van der Waals surface area contributed by atoms with Gasteiger partial charge in [0.05, 0.1) is 0 Å². The van der Waals surface area contributed by atoms with Gasteiger partial charge in [-0.05, 0) is 25.3 Å². The lowest BCUT2D eigenvalue weighted by molar-refractivity contribution is 0.622. The van der Waals surface area contributed by atoms with Gasteiger partial charge in [0, 0.05) is 37.2 Å². The van der Waals surface area contributed by atoms with E-state index in [1.165, 1.54) is 12.1 Å². The van der Waals surface area contributed by atoms with Crippen molar-refractivity contribution in [3.8, 4) is 0 Å². The number of nitrogens with one attached hydrogen (secondary N) is 1. The summed E-state index contributed by atoms with van der Waals surface area (Å²) in [5.74, 6) is 0. The summed E-state index contributed by atoms with van der Waals surface area (Å²) >= 11 is 1.93. The van der Waals surface area contributed by atoms with Crippen molar-refractivity contribution in [2.24, 2.45) is 7.05 Å². The summed E-state index contributed by atoms with van der Waals surface area (Å²) in [4.78, 5) is 0. The molecule has 86 valence electrons. The number of aromatic nitrogens is 2. The van der Waals surface area contributed by atoms with Crippen molar-refractivity contribution in [1.82, 2.24) is 15.1 Å². The largest absolute Gasteiger partial charge is 0.316 e. The Labute approximate surface area is 96.6 Å². The van der Waals surface area contributed by atoms with Crippen LogP contribution in [0.4, 0.5) is 0 Å². The molecule has 0 spiro atoms. The first kappa shape index (κ1) is 12.6. The number of aryl methyl sites for hydroxylation is 1. The van der Waals surface area contributed by atoms with E-state index in [2.05, 4.69) is 29.7 Å². The zero-order valence-electron chi connectivity index (χ0n) is 9.86. The highest BCUT2D eigenvalue weighted by atomic mass is 32.2. The monoisotopic (exact) mass is 227 g/mol. The summed E-state index contributed by atoms with van der Waals surface area (Å²) in [6.07, 6.45) is 6.32. The molecule has 0 radical (unpaired) electrons. The zero-order chi connectivity index (χ0) is 11.1. The van der Waals surface area contributed by atoms with Crippen LogP contribution >= 0.6 is 11.8 Å². The number of nitrogens with zero attached hydrogens (tertiary/aromatic N) is 2. The molecule has 0 amide bonds. The maximum atomic E-state index is 4.14.